The molecule has 21 heavy (non-hydrogen) atoms. The van der Waals surface area contributed by atoms with Crippen LogP contribution in [0.5, 0.6) is 11.5 Å². The molecule has 0 atom stereocenters. The number of hydrogen-bond donors (Lipinski definition) is 1. The standard InChI is InChI=1S/C16H13BrO4/c17-13-6-10-4-5-20-15(10)12(7-13)9-21-14-3-1-2-11(8-14)16(18)19/h1-3,6-8H,4-5,9H2,(H,18,19). The van der Waals surface area contributed by atoms with E-state index in [0.717, 1.165) is 22.2 Å². The van der Waals surface area contributed by atoms with E-state index >= 15 is 0 Å². The van der Waals surface area contributed by atoms with Gasteiger partial charge in [0.15, 0.2) is 0 Å². The summed E-state index contributed by atoms with van der Waals surface area (Å²) in [7, 11) is 0. The Kier molecular flexibility index (Phi) is 3.84. The SMILES string of the molecule is O=C(O)c1cccc(OCc2cc(Br)cc3c2OCC3)c1. The molecule has 0 aliphatic carbocycles. The molecule has 0 amide bonds. The molecule has 0 saturated heterocycles. The normalized spacial score (nSPS) is 12.6. The van der Waals surface area contributed by atoms with Gasteiger partial charge < -0.3 is 14.6 Å². The lowest BCUT2D eigenvalue weighted by molar-refractivity contribution is 0.0696. The number of fused-ring (bicyclic) bond motifs is 1. The largest absolute Gasteiger partial charge is 0.493 e. The zero-order valence-corrected chi connectivity index (χ0v) is 12.7. The number of halogens is 1. The van der Waals surface area contributed by atoms with Gasteiger partial charge in [-0.05, 0) is 35.9 Å². The molecular weight excluding hydrogens is 336 g/mol. The summed E-state index contributed by atoms with van der Waals surface area (Å²) in [4.78, 5) is 10.9. The van der Waals surface area contributed by atoms with E-state index in [1.165, 1.54) is 17.7 Å². The van der Waals surface area contributed by atoms with Crippen LogP contribution in [0.3, 0.4) is 0 Å². The summed E-state index contributed by atoms with van der Waals surface area (Å²) in [5.74, 6) is 0.446. The lowest BCUT2D eigenvalue weighted by Gasteiger charge is -2.11. The number of rotatable bonds is 4. The van der Waals surface area contributed by atoms with Gasteiger partial charge >= 0.3 is 5.97 Å². The Morgan fingerprint density at radius 2 is 2.19 bits per heavy atom. The first kappa shape index (κ1) is 13.9. The Balaban J connectivity index is 1.79. The Labute approximate surface area is 130 Å². The van der Waals surface area contributed by atoms with Crippen molar-refractivity contribution in [3.05, 3.63) is 57.6 Å². The molecule has 1 N–H and O–H groups in total. The zero-order valence-electron chi connectivity index (χ0n) is 11.1. The number of aromatic carboxylic acids is 1. The molecule has 2 aromatic rings. The second-order valence-electron chi connectivity index (χ2n) is 4.77. The molecule has 1 aliphatic heterocycles. The molecule has 108 valence electrons. The molecule has 0 fully saturated rings. The maximum absolute atomic E-state index is 10.9. The molecule has 4 nitrogen and oxygen atoms in total. The topological polar surface area (TPSA) is 55.8 Å². The molecule has 1 aliphatic rings. The Bertz CT molecular complexity index is 697. The van der Waals surface area contributed by atoms with E-state index in [1.807, 2.05) is 6.07 Å². The fourth-order valence-corrected chi connectivity index (χ4v) is 2.89. The van der Waals surface area contributed by atoms with Crippen LogP contribution < -0.4 is 9.47 Å². The molecule has 0 saturated carbocycles. The fraction of sp³-hybridized carbons (Fsp3) is 0.188. The second kappa shape index (κ2) is 5.77. The molecule has 0 spiro atoms. The Hall–Kier alpha value is -2.01. The Morgan fingerprint density at radius 3 is 3.00 bits per heavy atom. The highest BCUT2D eigenvalue weighted by atomic mass is 79.9. The summed E-state index contributed by atoms with van der Waals surface area (Å²) >= 11 is 3.48. The first-order valence-electron chi connectivity index (χ1n) is 6.54. The Morgan fingerprint density at radius 1 is 1.33 bits per heavy atom. The van der Waals surface area contributed by atoms with Crippen molar-refractivity contribution in [2.45, 2.75) is 13.0 Å². The van der Waals surface area contributed by atoms with E-state index in [0.29, 0.717) is 19.0 Å². The molecule has 5 heteroatoms. The lowest BCUT2D eigenvalue weighted by Crippen LogP contribution is -2.01. The van der Waals surface area contributed by atoms with E-state index < -0.39 is 5.97 Å². The average molecular weight is 349 g/mol. The minimum Gasteiger partial charge on any atom is -0.493 e. The number of carboxylic acid groups (broad SMARTS) is 1. The fourth-order valence-electron chi connectivity index (χ4n) is 2.33. The van der Waals surface area contributed by atoms with Crippen molar-refractivity contribution in [1.29, 1.82) is 0 Å². The maximum atomic E-state index is 10.9. The van der Waals surface area contributed by atoms with Gasteiger partial charge in [0.2, 0.25) is 0 Å². The third-order valence-electron chi connectivity index (χ3n) is 3.30. The van der Waals surface area contributed by atoms with Crippen molar-refractivity contribution >= 4 is 21.9 Å². The van der Waals surface area contributed by atoms with Crippen molar-refractivity contribution < 1.29 is 19.4 Å². The number of hydrogen-bond acceptors (Lipinski definition) is 3. The zero-order chi connectivity index (χ0) is 14.8. The number of ether oxygens (including phenoxy) is 2. The van der Waals surface area contributed by atoms with Crippen LogP contribution in [0.25, 0.3) is 0 Å². The van der Waals surface area contributed by atoms with Gasteiger partial charge in [-0.3, -0.25) is 0 Å². The highest BCUT2D eigenvalue weighted by Crippen LogP contribution is 2.33. The minimum atomic E-state index is -0.966. The molecule has 1 heterocycles. The van der Waals surface area contributed by atoms with Crippen LogP contribution >= 0.6 is 15.9 Å². The van der Waals surface area contributed by atoms with Gasteiger partial charge in [-0.25, -0.2) is 4.79 Å². The number of carboxylic acids is 1. The molecular formula is C16H13BrO4. The van der Waals surface area contributed by atoms with Gasteiger partial charge in [0.25, 0.3) is 0 Å². The van der Waals surface area contributed by atoms with Crippen LogP contribution in [0.4, 0.5) is 0 Å². The molecule has 0 bridgehead atoms. The van der Waals surface area contributed by atoms with E-state index in [9.17, 15) is 4.79 Å². The van der Waals surface area contributed by atoms with Gasteiger partial charge in [0.05, 0.1) is 12.2 Å². The second-order valence-corrected chi connectivity index (χ2v) is 5.69. The van der Waals surface area contributed by atoms with Crippen molar-refractivity contribution in [2.24, 2.45) is 0 Å². The van der Waals surface area contributed by atoms with Crippen LogP contribution in [-0.2, 0) is 13.0 Å². The van der Waals surface area contributed by atoms with Crippen LogP contribution in [0.1, 0.15) is 21.5 Å². The predicted octanol–water partition coefficient (Wildman–Crippen LogP) is 3.66. The summed E-state index contributed by atoms with van der Waals surface area (Å²) < 4.78 is 12.3. The van der Waals surface area contributed by atoms with Crippen molar-refractivity contribution in [3.63, 3.8) is 0 Å². The third-order valence-corrected chi connectivity index (χ3v) is 3.76. The maximum Gasteiger partial charge on any atom is 0.335 e. The summed E-state index contributed by atoms with van der Waals surface area (Å²) in [5.41, 5.74) is 2.34. The first-order chi connectivity index (χ1) is 10.1. The molecule has 0 radical (unpaired) electrons. The summed E-state index contributed by atoms with van der Waals surface area (Å²) in [6, 6.07) is 10.5. The van der Waals surface area contributed by atoms with Crippen LogP contribution in [0, 0.1) is 0 Å². The van der Waals surface area contributed by atoms with E-state index in [4.69, 9.17) is 14.6 Å². The van der Waals surface area contributed by atoms with Gasteiger partial charge in [-0.2, -0.15) is 0 Å². The monoisotopic (exact) mass is 348 g/mol. The minimum absolute atomic E-state index is 0.211. The highest BCUT2D eigenvalue weighted by Gasteiger charge is 2.17. The van der Waals surface area contributed by atoms with Gasteiger partial charge in [0.1, 0.15) is 18.1 Å². The summed E-state index contributed by atoms with van der Waals surface area (Å²) in [6.07, 6.45) is 0.899. The quantitative estimate of drug-likeness (QED) is 0.915. The summed E-state index contributed by atoms with van der Waals surface area (Å²) in [6.45, 7) is 1.03. The number of benzene rings is 2. The highest BCUT2D eigenvalue weighted by molar-refractivity contribution is 9.10. The lowest BCUT2D eigenvalue weighted by atomic mass is 10.1. The first-order valence-corrected chi connectivity index (χ1v) is 7.33. The smallest absolute Gasteiger partial charge is 0.335 e. The third kappa shape index (κ3) is 3.03. The average Bonchev–Trinajstić information content (AvgIpc) is 2.93. The molecule has 0 aromatic heterocycles. The van der Waals surface area contributed by atoms with Crippen molar-refractivity contribution in [1.82, 2.24) is 0 Å². The number of carbonyl (C=O) groups is 1. The van der Waals surface area contributed by atoms with Crippen LogP contribution in [0.15, 0.2) is 40.9 Å². The molecule has 2 aromatic carbocycles. The van der Waals surface area contributed by atoms with Gasteiger partial charge in [-0.1, -0.05) is 22.0 Å². The predicted molar refractivity (Wildman–Crippen MR) is 81.1 cm³/mol. The van der Waals surface area contributed by atoms with E-state index in [1.54, 1.807) is 12.1 Å². The van der Waals surface area contributed by atoms with Crippen LogP contribution in [0.2, 0.25) is 0 Å². The van der Waals surface area contributed by atoms with Gasteiger partial charge in [-0.15, -0.1) is 0 Å². The van der Waals surface area contributed by atoms with Crippen molar-refractivity contribution in [3.8, 4) is 11.5 Å². The molecule has 3 rings (SSSR count). The van der Waals surface area contributed by atoms with Crippen molar-refractivity contribution in [2.75, 3.05) is 6.61 Å². The van der Waals surface area contributed by atoms with Crippen LogP contribution in [-0.4, -0.2) is 17.7 Å². The summed E-state index contributed by atoms with van der Waals surface area (Å²) in [5, 5.41) is 8.98. The van der Waals surface area contributed by atoms with Gasteiger partial charge in [0, 0.05) is 16.5 Å². The van der Waals surface area contributed by atoms with E-state index in [2.05, 4.69) is 22.0 Å². The molecule has 0 unspecified atom stereocenters. The van der Waals surface area contributed by atoms with E-state index in [-0.39, 0.29) is 5.56 Å².